The minimum absolute atomic E-state index is 0.0284. The number of halogens is 3. The van der Waals surface area contributed by atoms with Crippen molar-refractivity contribution >= 4 is 0 Å². The van der Waals surface area contributed by atoms with E-state index in [2.05, 4.69) is 0 Å². The SMILES string of the molecule is Fc1cc(F)c(OC2CC2)cc1F. The summed E-state index contributed by atoms with van der Waals surface area (Å²) in [6.07, 6.45) is 1.66. The molecular weight excluding hydrogens is 181 g/mol. The Bertz CT molecular complexity index is 334. The van der Waals surface area contributed by atoms with E-state index in [4.69, 9.17) is 4.74 Å². The van der Waals surface area contributed by atoms with Crippen molar-refractivity contribution in [1.29, 1.82) is 0 Å². The van der Waals surface area contributed by atoms with Gasteiger partial charge >= 0.3 is 0 Å². The fourth-order valence-electron chi connectivity index (χ4n) is 0.960. The second-order valence-corrected chi connectivity index (χ2v) is 3.01. The van der Waals surface area contributed by atoms with Gasteiger partial charge in [-0.2, -0.15) is 0 Å². The first-order valence-corrected chi connectivity index (χ1v) is 3.98. The average molecular weight is 188 g/mol. The highest BCUT2D eigenvalue weighted by molar-refractivity contribution is 5.26. The smallest absolute Gasteiger partial charge is 0.168 e. The van der Waals surface area contributed by atoms with Crippen LogP contribution in [0, 0.1) is 17.5 Å². The van der Waals surface area contributed by atoms with Gasteiger partial charge in [0.15, 0.2) is 23.2 Å². The fraction of sp³-hybridized carbons (Fsp3) is 0.333. The first-order chi connectivity index (χ1) is 6.16. The van der Waals surface area contributed by atoms with Crippen LogP contribution in [0.2, 0.25) is 0 Å². The van der Waals surface area contributed by atoms with Crippen LogP contribution in [0.1, 0.15) is 12.8 Å². The topological polar surface area (TPSA) is 9.23 Å². The lowest BCUT2D eigenvalue weighted by Gasteiger charge is -2.05. The first kappa shape index (κ1) is 8.41. The molecule has 0 atom stereocenters. The molecule has 0 amide bonds. The van der Waals surface area contributed by atoms with E-state index >= 15 is 0 Å². The summed E-state index contributed by atoms with van der Waals surface area (Å²) in [5, 5.41) is 0. The molecule has 70 valence electrons. The summed E-state index contributed by atoms with van der Waals surface area (Å²) < 4.78 is 42.9. The van der Waals surface area contributed by atoms with Crippen LogP contribution in [-0.4, -0.2) is 6.10 Å². The Hall–Kier alpha value is -1.19. The summed E-state index contributed by atoms with van der Waals surface area (Å²) in [4.78, 5) is 0. The summed E-state index contributed by atoms with van der Waals surface area (Å²) in [6, 6.07) is 1.23. The van der Waals surface area contributed by atoms with Crippen LogP contribution in [0.4, 0.5) is 13.2 Å². The maximum Gasteiger partial charge on any atom is 0.168 e. The summed E-state index contributed by atoms with van der Waals surface area (Å²) in [7, 11) is 0. The molecule has 0 bridgehead atoms. The molecule has 1 saturated carbocycles. The van der Waals surface area contributed by atoms with Crippen LogP contribution < -0.4 is 4.74 Å². The van der Waals surface area contributed by atoms with E-state index in [1.165, 1.54) is 0 Å². The lowest BCUT2D eigenvalue weighted by atomic mass is 10.3. The summed E-state index contributed by atoms with van der Waals surface area (Å²) in [6.45, 7) is 0. The molecule has 0 heterocycles. The molecular formula is C9H7F3O. The van der Waals surface area contributed by atoms with Gasteiger partial charge in [-0.05, 0) is 12.8 Å². The molecule has 0 radical (unpaired) electrons. The molecule has 0 N–H and O–H groups in total. The largest absolute Gasteiger partial charge is 0.487 e. The molecule has 0 spiro atoms. The molecule has 1 fully saturated rings. The van der Waals surface area contributed by atoms with Crippen LogP contribution in [0.3, 0.4) is 0 Å². The molecule has 13 heavy (non-hydrogen) atoms. The Morgan fingerprint density at radius 1 is 1.00 bits per heavy atom. The molecule has 1 aromatic carbocycles. The number of rotatable bonds is 2. The molecule has 1 nitrogen and oxygen atoms in total. The molecule has 0 unspecified atom stereocenters. The van der Waals surface area contributed by atoms with Crippen LogP contribution in [0.15, 0.2) is 12.1 Å². The second kappa shape index (κ2) is 2.94. The maximum absolute atomic E-state index is 12.9. The van der Waals surface area contributed by atoms with Crippen molar-refractivity contribution in [3.8, 4) is 5.75 Å². The Labute approximate surface area is 73.1 Å². The zero-order chi connectivity index (χ0) is 9.42. The lowest BCUT2D eigenvalue weighted by Crippen LogP contribution is -2.00. The normalized spacial score (nSPS) is 15.9. The fourth-order valence-corrected chi connectivity index (χ4v) is 0.960. The predicted molar refractivity (Wildman–Crippen MR) is 40.0 cm³/mol. The van der Waals surface area contributed by atoms with E-state index in [9.17, 15) is 13.2 Å². The highest BCUT2D eigenvalue weighted by Gasteiger charge is 2.25. The van der Waals surface area contributed by atoms with Gasteiger partial charge in [0.2, 0.25) is 0 Å². The van der Waals surface area contributed by atoms with Crippen LogP contribution in [0.5, 0.6) is 5.75 Å². The lowest BCUT2D eigenvalue weighted by molar-refractivity contribution is 0.283. The zero-order valence-electron chi connectivity index (χ0n) is 6.69. The Kier molecular flexibility index (Phi) is 1.90. The van der Waals surface area contributed by atoms with Crippen molar-refractivity contribution in [1.82, 2.24) is 0 Å². The second-order valence-electron chi connectivity index (χ2n) is 3.01. The quantitative estimate of drug-likeness (QED) is 0.648. The minimum atomic E-state index is -1.19. The van der Waals surface area contributed by atoms with Gasteiger partial charge in [0.05, 0.1) is 6.10 Å². The van der Waals surface area contributed by atoms with Crippen LogP contribution in [-0.2, 0) is 0 Å². The van der Waals surface area contributed by atoms with E-state index in [1.807, 2.05) is 0 Å². The predicted octanol–water partition coefficient (Wildman–Crippen LogP) is 2.65. The van der Waals surface area contributed by atoms with Crippen molar-refractivity contribution in [2.75, 3.05) is 0 Å². The van der Waals surface area contributed by atoms with Gasteiger partial charge in [-0.25, -0.2) is 13.2 Å². The van der Waals surface area contributed by atoms with Gasteiger partial charge in [0, 0.05) is 12.1 Å². The summed E-state index contributed by atoms with van der Waals surface area (Å²) in [5.41, 5.74) is 0. The van der Waals surface area contributed by atoms with E-state index < -0.39 is 17.5 Å². The van der Waals surface area contributed by atoms with Gasteiger partial charge in [0.1, 0.15) is 0 Å². The molecule has 2 rings (SSSR count). The third kappa shape index (κ3) is 1.76. The van der Waals surface area contributed by atoms with E-state index in [1.54, 1.807) is 0 Å². The number of ether oxygens (including phenoxy) is 1. The molecule has 1 aliphatic carbocycles. The van der Waals surface area contributed by atoms with Gasteiger partial charge in [0.25, 0.3) is 0 Å². The number of benzene rings is 1. The average Bonchev–Trinajstić information content (AvgIpc) is 2.84. The van der Waals surface area contributed by atoms with Crippen molar-refractivity contribution < 1.29 is 17.9 Å². The van der Waals surface area contributed by atoms with Gasteiger partial charge in [-0.1, -0.05) is 0 Å². The van der Waals surface area contributed by atoms with E-state index in [0.29, 0.717) is 6.07 Å². The minimum Gasteiger partial charge on any atom is -0.487 e. The molecule has 1 aliphatic rings. The Morgan fingerprint density at radius 2 is 1.62 bits per heavy atom. The Balaban J connectivity index is 2.27. The summed E-state index contributed by atoms with van der Waals surface area (Å²) in [5.74, 6) is -3.34. The monoisotopic (exact) mass is 188 g/mol. The van der Waals surface area contributed by atoms with Crippen molar-refractivity contribution in [2.45, 2.75) is 18.9 Å². The zero-order valence-corrected chi connectivity index (χ0v) is 6.69. The van der Waals surface area contributed by atoms with Crippen molar-refractivity contribution in [2.24, 2.45) is 0 Å². The number of hydrogen-bond donors (Lipinski definition) is 0. The van der Waals surface area contributed by atoms with Gasteiger partial charge < -0.3 is 4.74 Å². The van der Waals surface area contributed by atoms with E-state index in [-0.39, 0.29) is 11.9 Å². The Morgan fingerprint density at radius 3 is 2.23 bits per heavy atom. The van der Waals surface area contributed by atoms with E-state index in [0.717, 1.165) is 18.9 Å². The summed E-state index contributed by atoms with van der Waals surface area (Å²) >= 11 is 0. The number of hydrogen-bond acceptors (Lipinski definition) is 1. The third-order valence-corrected chi connectivity index (χ3v) is 1.79. The van der Waals surface area contributed by atoms with Gasteiger partial charge in [-0.3, -0.25) is 0 Å². The molecule has 4 heteroatoms. The van der Waals surface area contributed by atoms with Gasteiger partial charge in [-0.15, -0.1) is 0 Å². The molecule has 0 aliphatic heterocycles. The molecule has 0 aromatic heterocycles. The standard InChI is InChI=1S/C9H7F3O/c10-6-3-8(12)9(4-7(6)11)13-5-1-2-5/h3-5H,1-2H2. The first-order valence-electron chi connectivity index (χ1n) is 3.98. The highest BCUT2D eigenvalue weighted by atomic mass is 19.2. The van der Waals surface area contributed by atoms with Crippen LogP contribution in [0.25, 0.3) is 0 Å². The maximum atomic E-state index is 12.9. The van der Waals surface area contributed by atoms with Crippen LogP contribution >= 0.6 is 0 Å². The molecule has 1 aromatic rings. The highest BCUT2D eigenvalue weighted by Crippen LogP contribution is 2.29. The molecule has 0 saturated heterocycles. The third-order valence-electron chi connectivity index (χ3n) is 1.79. The van der Waals surface area contributed by atoms with Crippen molar-refractivity contribution in [3.05, 3.63) is 29.6 Å². The van der Waals surface area contributed by atoms with Crippen molar-refractivity contribution in [3.63, 3.8) is 0 Å².